The van der Waals surface area contributed by atoms with Gasteiger partial charge in [0.2, 0.25) is 0 Å². The van der Waals surface area contributed by atoms with E-state index < -0.39 is 0 Å². The number of aromatic nitrogens is 3. The molecule has 0 radical (unpaired) electrons. The van der Waals surface area contributed by atoms with Gasteiger partial charge in [0.05, 0.1) is 6.54 Å². The van der Waals surface area contributed by atoms with Gasteiger partial charge in [0.25, 0.3) is 0 Å². The van der Waals surface area contributed by atoms with E-state index in [2.05, 4.69) is 43.3 Å². The lowest BCUT2D eigenvalue weighted by molar-refractivity contribution is 0.322. The van der Waals surface area contributed by atoms with Crippen LogP contribution in [0.1, 0.15) is 16.5 Å². The molecule has 0 fully saturated rings. The van der Waals surface area contributed by atoms with E-state index >= 15 is 0 Å². The molecule has 0 amide bonds. The Labute approximate surface area is 192 Å². The Balaban J connectivity index is 0.00000300. The summed E-state index contributed by atoms with van der Waals surface area (Å²) in [5.74, 6) is 3.32. The van der Waals surface area contributed by atoms with Crippen LogP contribution in [0.4, 0.5) is 0 Å². The zero-order valence-electron chi connectivity index (χ0n) is 16.7. The number of nitrogens with one attached hydrogen (secondary N) is 2. The standard InChI is InChI=1S/C20H26N6OS.HI/c1-16-24-25-19(26(16)2)15-23-20(21-11-10-18-9-6-14-28-18)22-12-13-27-17-7-4-3-5-8-17;/h3-9,14H,10-13,15H2,1-2H3,(H2,21,22,23);1H. The number of ether oxygens (including phenoxy) is 1. The fourth-order valence-corrected chi connectivity index (χ4v) is 3.24. The monoisotopic (exact) mass is 526 g/mol. The summed E-state index contributed by atoms with van der Waals surface area (Å²) in [6.45, 7) is 4.41. The molecule has 29 heavy (non-hydrogen) atoms. The van der Waals surface area contributed by atoms with Crippen LogP contribution in [0.2, 0.25) is 0 Å². The predicted molar refractivity (Wildman–Crippen MR) is 128 cm³/mol. The topological polar surface area (TPSA) is 76.4 Å². The van der Waals surface area contributed by atoms with Gasteiger partial charge in [0, 0.05) is 18.5 Å². The third kappa shape index (κ3) is 7.65. The van der Waals surface area contributed by atoms with Crippen LogP contribution in [0.25, 0.3) is 0 Å². The van der Waals surface area contributed by atoms with Gasteiger partial charge >= 0.3 is 0 Å². The smallest absolute Gasteiger partial charge is 0.191 e. The molecule has 3 aromatic rings. The number of aliphatic imine (C=N–C) groups is 1. The number of hydrogen-bond acceptors (Lipinski definition) is 5. The van der Waals surface area contributed by atoms with Gasteiger partial charge < -0.3 is 19.9 Å². The van der Waals surface area contributed by atoms with Gasteiger partial charge in [-0.25, -0.2) is 4.99 Å². The lowest BCUT2D eigenvalue weighted by Crippen LogP contribution is -2.40. The molecule has 0 atom stereocenters. The van der Waals surface area contributed by atoms with E-state index in [1.54, 1.807) is 11.3 Å². The van der Waals surface area contributed by atoms with Crippen molar-refractivity contribution in [1.82, 2.24) is 25.4 Å². The van der Waals surface area contributed by atoms with Gasteiger partial charge in [-0.1, -0.05) is 24.3 Å². The van der Waals surface area contributed by atoms with Gasteiger partial charge in [-0.15, -0.1) is 45.5 Å². The van der Waals surface area contributed by atoms with Crippen LogP contribution in [0.5, 0.6) is 5.75 Å². The molecule has 7 nitrogen and oxygen atoms in total. The van der Waals surface area contributed by atoms with Crippen molar-refractivity contribution in [3.05, 3.63) is 64.4 Å². The van der Waals surface area contributed by atoms with Gasteiger partial charge in [0.15, 0.2) is 11.8 Å². The fraction of sp³-hybridized carbons (Fsp3) is 0.350. The van der Waals surface area contributed by atoms with Crippen molar-refractivity contribution < 1.29 is 4.74 Å². The summed E-state index contributed by atoms with van der Waals surface area (Å²) in [6, 6.07) is 14.0. The number of guanidine groups is 1. The first-order valence-electron chi connectivity index (χ1n) is 9.29. The van der Waals surface area contributed by atoms with Gasteiger partial charge in [-0.3, -0.25) is 0 Å². The number of benzene rings is 1. The van der Waals surface area contributed by atoms with E-state index in [9.17, 15) is 0 Å². The van der Waals surface area contributed by atoms with Crippen molar-refractivity contribution in [2.75, 3.05) is 19.7 Å². The Kier molecular flexibility index (Phi) is 9.92. The Hall–Kier alpha value is -2.14. The number of para-hydroxylation sites is 1. The molecule has 2 N–H and O–H groups in total. The third-order valence-corrected chi connectivity index (χ3v) is 5.15. The summed E-state index contributed by atoms with van der Waals surface area (Å²) in [4.78, 5) is 6.00. The number of rotatable bonds is 9. The summed E-state index contributed by atoms with van der Waals surface area (Å²) in [5, 5.41) is 17.1. The largest absolute Gasteiger partial charge is 0.492 e. The Morgan fingerprint density at radius 1 is 1.10 bits per heavy atom. The molecule has 0 bridgehead atoms. The van der Waals surface area contributed by atoms with E-state index in [1.807, 2.05) is 48.9 Å². The highest BCUT2D eigenvalue weighted by molar-refractivity contribution is 14.0. The molecule has 0 unspecified atom stereocenters. The zero-order valence-corrected chi connectivity index (χ0v) is 19.8. The third-order valence-electron chi connectivity index (χ3n) is 4.21. The van der Waals surface area contributed by atoms with Crippen LogP contribution in [0.15, 0.2) is 52.8 Å². The summed E-state index contributed by atoms with van der Waals surface area (Å²) in [6.07, 6.45) is 0.960. The average molecular weight is 526 g/mol. The number of nitrogens with zero attached hydrogens (tertiary/aromatic N) is 4. The maximum absolute atomic E-state index is 5.73. The number of thiophene rings is 1. The van der Waals surface area contributed by atoms with Crippen LogP contribution in [0.3, 0.4) is 0 Å². The molecule has 3 rings (SSSR count). The first kappa shape index (κ1) is 23.1. The maximum Gasteiger partial charge on any atom is 0.191 e. The molecule has 0 aliphatic heterocycles. The summed E-state index contributed by atoms with van der Waals surface area (Å²) in [7, 11) is 1.95. The quantitative estimate of drug-likeness (QED) is 0.194. The second kappa shape index (κ2) is 12.4. The second-order valence-electron chi connectivity index (χ2n) is 6.23. The van der Waals surface area contributed by atoms with Crippen molar-refractivity contribution in [2.45, 2.75) is 19.9 Å². The van der Waals surface area contributed by atoms with Crippen LogP contribution in [0, 0.1) is 6.92 Å². The molecule has 0 spiro atoms. The molecular weight excluding hydrogens is 499 g/mol. The van der Waals surface area contributed by atoms with E-state index in [-0.39, 0.29) is 24.0 Å². The average Bonchev–Trinajstić information content (AvgIpc) is 3.34. The van der Waals surface area contributed by atoms with Crippen LogP contribution < -0.4 is 15.4 Å². The van der Waals surface area contributed by atoms with Crippen molar-refractivity contribution in [2.24, 2.45) is 12.0 Å². The molecule has 156 valence electrons. The lowest BCUT2D eigenvalue weighted by Gasteiger charge is -2.13. The predicted octanol–water partition coefficient (Wildman–Crippen LogP) is 3.16. The first-order chi connectivity index (χ1) is 13.7. The molecule has 0 saturated heterocycles. The second-order valence-corrected chi connectivity index (χ2v) is 7.26. The lowest BCUT2D eigenvalue weighted by atomic mass is 10.3. The Morgan fingerprint density at radius 2 is 1.90 bits per heavy atom. The Morgan fingerprint density at radius 3 is 2.59 bits per heavy atom. The molecular formula is C20H27IN6OS. The minimum atomic E-state index is 0. The minimum Gasteiger partial charge on any atom is -0.492 e. The van der Waals surface area contributed by atoms with E-state index in [0.29, 0.717) is 19.7 Å². The van der Waals surface area contributed by atoms with Crippen molar-refractivity contribution in [3.63, 3.8) is 0 Å². The molecule has 2 aromatic heterocycles. The minimum absolute atomic E-state index is 0. The SMILES string of the molecule is Cc1nnc(CN=C(NCCOc2ccccc2)NCCc2cccs2)n1C.I. The zero-order chi connectivity index (χ0) is 19.6. The first-order valence-corrected chi connectivity index (χ1v) is 10.2. The maximum atomic E-state index is 5.73. The number of aryl methyl sites for hydroxylation is 1. The molecule has 0 aliphatic rings. The van der Waals surface area contributed by atoms with Crippen molar-refractivity contribution in [1.29, 1.82) is 0 Å². The summed E-state index contributed by atoms with van der Waals surface area (Å²) >= 11 is 1.77. The molecule has 0 saturated carbocycles. The van der Waals surface area contributed by atoms with Gasteiger partial charge in [0.1, 0.15) is 24.7 Å². The van der Waals surface area contributed by atoms with Crippen LogP contribution in [-0.2, 0) is 20.0 Å². The van der Waals surface area contributed by atoms with Crippen LogP contribution in [-0.4, -0.2) is 40.4 Å². The highest BCUT2D eigenvalue weighted by atomic mass is 127. The van der Waals surface area contributed by atoms with E-state index in [0.717, 1.165) is 36.3 Å². The Bertz CT molecular complexity index is 866. The summed E-state index contributed by atoms with van der Waals surface area (Å²) in [5.41, 5.74) is 0. The molecule has 9 heteroatoms. The number of halogens is 1. The van der Waals surface area contributed by atoms with E-state index in [1.165, 1.54) is 4.88 Å². The van der Waals surface area contributed by atoms with Crippen LogP contribution >= 0.6 is 35.3 Å². The van der Waals surface area contributed by atoms with E-state index in [4.69, 9.17) is 4.74 Å². The summed E-state index contributed by atoms with van der Waals surface area (Å²) < 4.78 is 7.68. The van der Waals surface area contributed by atoms with Crippen molar-refractivity contribution in [3.8, 4) is 5.75 Å². The molecule has 1 aromatic carbocycles. The number of hydrogen-bond donors (Lipinski definition) is 2. The normalized spacial score (nSPS) is 11.0. The van der Waals surface area contributed by atoms with Gasteiger partial charge in [-0.05, 0) is 36.9 Å². The highest BCUT2D eigenvalue weighted by Gasteiger charge is 2.05. The molecule has 0 aliphatic carbocycles. The van der Waals surface area contributed by atoms with Crippen molar-refractivity contribution >= 4 is 41.3 Å². The fourth-order valence-electron chi connectivity index (χ4n) is 2.53. The highest BCUT2D eigenvalue weighted by Crippen LogP contribution is 2.08. The molecule has 2 heterocycles. The van der Waals surface area contributed by atoms with Gasteiger partial charge in [-0.2, -0.15) is 0 Å².